The highest BCUT2D eigenvalue weighted by molar-refractivity contribution is 5.85. The molecule has 4 aromatic rings. The van der Waals surface area contributed by atoms with Crippen LogP contribution in [0.5, 0.6) is 0 Å². The van der Waals surface area contributed by atoms with Crippen molar-refractivity contribution in [3.63, 3.8) is 0 Å². The number of aromatic amines is 1. The van der Waals surface area contributed by atoms with Crippen molar-refractivity contribution < 1.29 is 0 Å². The van der Waals surface area contributed by atoms with E-state index in [1.54, 1.807) is 12.5 Å². The summed E-state index contributed by atoms with van der Waals surface area (Å²) in [4.78, 5) is 30.9. The first kappa shape index (κ1) is 16.3. The van der Waals surface area contributed by atoms with E-state index in [1.807, 2.05) is 54.1 Å². The molecule has 0 fully saturated rings. The molecule has 1 unspecified atom stereocenters. The average Bonchev–Trinajstić information content (AvgIpc) is 2.65. The standard InChI is InChI=1S/C21H19N3O2/c1-13(18-11-22-20(25)16-6-4-3-5-15(16)18)9-14-7-8-19-17(10-14)21(26)23-12-24(19)2/h3-8,10-13H,9H2,1-2H3,(H,22,25). The van der Waals surface area contributed by atoms with E-state index in [4.69, 9.17) is 0 Å². The first-order chi connectivity index (χ1) is 12.5. The van der Waals surface area contributed by atoms with Crippen molar-refractivity contribution in [2.45, 2.75) is 19.3 Å². The van der Waals surface area contributed by atoms with Gasteiger partial charge >= 0.3 is 0 Å². The number of aryl methyl sites for hydroxylation is 1. The van der Waals surface area contributed by atoms with Gasteiger partial charge in [-0.25, -0.2) is 0 Å². The lowest BCUT2D eigenvalue weighted by atomic mass is 9.91. The van der Waals surface area contributed by atoms with E-state index in [0.717, 1.165) is 28.5 Å². The fraction of sp³-hybridized carbons (Fsp3) is 0.190. The van der Waals surface area contributed by atoms with Crippen LogP contribution in [0.15, 0.2) is 64.6 Å². The molecule has 130 valence electrons. The molecule has 4 rings (SSSR count). The van der Waals surface area contributed by atoms with Crippen molar-refractivity contribution in [2.75, 3.05) is 0 Å². The predicted molar refractivity (Wildman–Crippen MR) is 104 cm³/mol. The molecule has 26 heavy (non-hydrogen) atoms. The largest absolute Gasteiger partial charge is 0.335 e. The van der Waals surface area contributed by atoms with Crippen LogP contribution in [-0.2, 0) is 13.5 Å². The van der Waals surface area contributed by atoms with Crippen LogP contribution in [0.2, 0.25) is 0 Å². The summed E-state index contributed by atoms with van der Waals surface area (Å²) < 4.78 is 1.85. The summed E-state index contributed by atoms with van der Waals surface area (Å²) in [6.45, 7) is 2.13. The Hall–Kier alpha value is -3.21. The highest BCUT2D eigenvalue weighted by atomic mass is 16.1. The number of pyridine rings is 1. The second-order valence-corrected chi connectivity index (χ2v) is 6.74. The second-order valence-electron chi connectivity index (χ2n) is 6.74. The molecule has 0 aliphatic rings. The molecular formula is C21H19N3O2. The van der Waals surface area contributed by atoms with Crippen molar-refractivity contribution in [2.24, 2.45) is 7.05 Å². The van der Waals surface area contributed by atoms with Gasteiger partial charge in [0.1, 0.15) is 0 Å². The van der Waals surface area contributed by atoms with Crippen LogP contribution in [0.4, 0.5) is 0 Å². The average molecular weight is 345 g/mol. The maximum absolute atomic E-state index is 12.1. The summed E-state index contributed by atoms with van der Waals surface area (Å²) >= 11 is 0. The maximum atomic E-state index is 12.1. The fourth-order valence-electron chi connectivity index (χ4n) is 3.56. The Bertz CT molecular complexity index is 1240. The third kappa shape index (κ3) is 2.71. The van der Waals surface area contributed by atoms with Crippen molar-refractivity contribution >= 4 is 21.7 Å². The number of aromatic nitrogens is 3. The van der Waals surface area contributed by atoms with Gasteiger partial charge in [-0.15, -0.1) is 0 Å². The molecule has 5 heteroatoms. The zero-order valence-corrected chi connectivity index (χ0v) is 14.7. The maximum Gasteiger partial charge on any atom is 0.280 e. The van der Waals surface area contributed by atoms with Crippen LogP contribution >= 0.6 is 0 Å². The molecule has 0 amide bonds. The molecule has 0 radical (unpaired) electrons. The molecule has 0 aliphatic carbocycles. The van der Waals surface area contributed by atoms with Gasteiger partial charge in [-0.05, 0) is 47.1 Å². The Morgan fingerprint density at radius 3 is 2.65 bits per heavy atom. The summed E-state index contributed by atoms with van der Waals surface area (Å²) in [5, 5.41) is 2.31. The van der Waals surface area contributed by atoms with Crippen LogP contribution in [0.1, 0.15) is 24.0 Å². The van der Waals surface area contributed by atoms with Gasteiger partial charge in [-0.1, -0.05) is 31.2 Å². The van der Waals surface area contributed by atoms with Crippen molar-refractivity contribution in [1.82, 2.24) is 14.5 Å². The number of hydrogen-bond acceptors (Lipinski definition) is 3. The van der Waals surface area contributed by atoms with Gasteiger partial charge in [0.15, 0.2) is 0 Å². The topological polar surface area (TPSA) is 67.8 Å². The van der Waals surface area contributed by atoms with Crippen LogP contribution in [0, 0.1) is 0 Å². The normalized spacial score (nSPS) is 12.5. The molecular weight excluding hydrogens is 326 g/mol. The van der Waals surface area contributed by atoms with E-state index in [9.17, 15) is 9.59 Å². The molecule has 0 spiro atoms. The van der Waals surface area contributed by atoms with E-state index >= 15 is 0 Å². The van der Waals surface area contributed by atoms with Crippen LogP contribution in [-0.4, -0.2) is 14.5 Å². The Morgan fingerprint density at radius 1 is 1.08 bits per heavy atom. The Labute approximate surface area is 150 Å². The van der Waals surface area contributed by atoms with Crippen molar-refractivity contribution in [3.05, 3.63) is 86.8 Å². The Morgan fingerprint density at radius 2 is 1.85 bits per heavy atom. The number of benzene rings is 2. The molecule has 5 nitrogen and oxygen atoms in total. The van der Waals surface area contributed by atoms with E-state index in [1.165, 1.54) is 0 Å². The Kier molecular flexibility index (Phi) is 3.92. The van der Waals surface area contributed by atoms with E-state index in [0.29, 0.717) is 10.8 Å². The van der Waals surface area contributed by atoms with Gasteiger partial charge in [0, 0.05) is 18.6 Å². The minimum absolute atomic E-state index is 0.0724. The van der Waals surface area contributed by atoms with Gasteiger partial charge in [-0.2, -0.15) is 4.98 Å². The molecule has 0 bridgehead atoms. The molecule has 0 saturated carbocycles. The van der Waals surface area contributed by atoms with Crippen LogP contribution < -0.4 is 11.1 Å². The number of rotatable bonds is 3. The molecule has 2 aromatic heterocycles. The summed E-state index contributed by atoms with van der Waals surface area (Å²) in [5.74, 6) is 0.190. The first-order valence-electron chi connectivity index (χ1n) is 8.59. The minimum Gasteiger partial charge on any atom is -0.335 e. The summed E-state index contributed by atoms with van der Waals surface area (Å²) in [6.07, 6.45) is 4.11. The van der Waals surface area contributed by atoms with Gasteiger partial charge in [0.25, 0.3) is 11.1 Å². The van der Waals surface area contributed by atoms with Crippen LogP contribution in [0.3, 0.4) is 0 Å². The fourth-order valence-corrected chi connectivity index (χ4v) is 3.56. The molecule has 2 heterocycles. The van der Waals surface area contributed by atoms with E-state index in [2.05, 4.69) is 16.9 Å². The van der Waals surface area contributed by atoms with Crippen molar-refractivity contribution in [3.8, 4) is 0 Å². The second kappa shape index (κ2) is 6.26. The highest BCUT2D eigenvalue weighted by Gasteiger charge is 2.13. The zero-order chi connectivity index (χ0) is 18.3. The molecule has 2 aromatic carbocycles. The zero-order valence-electron chi connectivity index (χ0n) is 14.7. The van der Waals surface area contributed by atoms with Gasteiger partial charge < -0.3 is 9.55 Å². The third-order valence-electron chi connectivity index (χ3n) is 4.93. The summed E-state index contributed by atoms with van der Waals surface area (Å²) in [7, 11) is 1.88. The van der Waals surface area contributed by atoms with Crippen molar-refractivity contribution in [1.29, 1.82) is 0 Å². The molecule has 0 saturated heterocycles. The van der Waals surface area contributed by atoms with Gasteiger partial charge in [0.05, 0.1) is 17.2 Å². The number of fused-ring (bicyclic) bond motifs is 2. The monoisotopic (exact) mass is 345 g/mol. The third-order valence-corrected chi connectivity index (χ3v) is 4.93. The SMILES string of the molecule is CC(Cc1ccc2c(c1)c(=O)ncn2C)c1c[nH]c(=O)c2ccccc12. The number of H-pyrrole nitrogens is 1. The smallest absolute Gasteiger partial charge is 0.280 e. The summed E-state index contributed by atoms with van der Waals surface area (Å²) in [5.41, 5.74) is 2.76. The lowest BCUT2D eigenvalue weighted by Gasteiger charge is -2.15. The highest BCUT2D eigenvalue weighted by Crippen LogP contribution is 2.26. The number of hydrogen-bond donors (Lipinski definition) is 1. The van der Waals surface area contributed by atoms with Gasteiger partial charge in [-0.3, -0.25) is 9.59 Å². The Balaban J connectivity index is 1.75. The number of nitrogens with zero attached hydrogens (tertiary/aromatic N) is 2. The molecule has 1 N–H and O–H groups in total. The summed E-state index contributed by atoms with van der Waals surface area (Å²) in [6, 6.07) is 13.6. The van der Waals surface area contributed by atoms with E-state index < -0.39 is 0 Å². The van der Waals surface area contributed by atoms with E-state index in [-0.39, 0.29) is 17.0 Å². The molecule has 0 aliphatic heterocycles. The first-order valence-corrected chi connectivity index (χ1v) is 8.59. The molecule has 1 atom stereocenters. The predicted octanol–water partition coefficient (Wildman–Crippen LogP) is 3.12. The quantitative estimate of drug-likeness (QED) is 0.620. The number of nitrogens with one attached hydrogen (secondary N) is 1. The lowest BCUT2D eigenvalue weighted by Crippen LogP contribution is -2.12. The lowest BCUT2D eigenvalue weighted by molar-refractivity contribution is 0.761. The van der Waals surface area contributed by atoms with Crippen LogP contribution in [0.25, 0.3) is 21.7 Å². The van der Waals surface area contributed by atoms with Gasteiger partial charge in [0.2, 0.25) is 0 Å². The minimum atomic E-state index is -0.206.